The van der Waals surface area contributed by atoms with Crippen molar-refractivity contribution in [1.82, 2.24) is 4.90 Å². The lowest BCUT2D eigenvalue weighted by Crippen LogP contribution is -2.40. The molecule has 4 rings (SSSR count). The molecule has 0 saturated carbocycles. The van der Waals surface area contributed by atoms with Gasteiger partial charge in [-0.05, 0) is 49.7 Å². The number of ether oxygens (including phenoxy) is 3. The Bertz CT molecular complexity index is 1030. The number of amides is 1. The average molecular weight is 468 g/mol. The van der Waals surface area contributed by atoms with E-state index in [-0.39, 0.29) is 40.8 Å². The Morgan fingerprint density at radius 2 is 1.74 bits per heavy atom. The number of morpholine rings is 1. The van der Waals surface area contributed by atoms with Crippen molar-refractivity contribution in [2.45, 2.75) is 44.9 Å². The number of hydrogen-bond acceptors (Lipinski definition) is 6. The Morgan fingerprint density at radius 3 is 2.44 bits per heavy atom. The van der Waals surface area contributed by atoms with Gasteiger partial charge in [0, 0.05) is 36.6 Å². The lowest BCUT2D eigenvalue weighted by molar-refractivity contribution is -0.135. The lowest BCUT2D eigenvalue weighted by Gasteiger charge is -2.37. The lowest BCUT2D eigenvalue weighted by atomic mass is 9.67. The summed E-state index contributed by atoms with van der Waals surface area (Å²) in [6.45, 7) is 4.19. The SMILES string of the molecule is COC1=C(OC)C(=O)C([C@H]2c3ccccc3CC[C@@H]2CCCC(=O)N2CCOCC2)=C(C)C1=O. The standard InChI is InChI=1S/C27H33NO6/c1-17-22(25(31)27(33-3)26(32-2)24(17)30)23-19(12-11-18-7-4-5-9-20(18)23)8-6-10-21(29)28-13-15-34-16-14-28/h4-5,7,9,19,23H,6,8,10-16H2,1-3H3/t19-,23+/m0/s1. The van der Waals surface area contributed by atoms with Crippen molar-refractivity contribution in [2.24, 2.45) is 5.92 Å². The molecule has 3 aliphatic rings. The second-order valence-electron chi connectivity index (χ2n) is 9.12. The fourth-order valence-corrected chi connectivity index (χ4v) is 5.55. The van der Waals surface area contributed by atoms with Crippen LogP contribution in [-0.4, -0.2) is 62.9 Å². The number of allylic oxidation sites excluding steroid dienone is 2. The number of fused-ring (bicyclic) bond motifs is 1. The molecular weight excluding hydrogens is 434 g/mol. The highest BCUT2D eigenvalue weighted by Gasteiger charge is 2.42. The molecule has 0 spiro atoms. The van der Waals surface area contributed by atoms with E-state index in [1.54, 1.807) is 6.92 Å². The third kappa shape index (κ3) is 4.53. The minimum absolute atomic E-state index is 0.0302. The molecule has 1 saturated heterocycles. The van der Waals surface area contributed by atoms with Gasteiger partial charge in [-0.2, -0.15) is 0 Å². The van der Waals surface area contributed by atoms with Crippen LogP contribution in [0, 0.1) is 5.92 Å². The summed E-state index contributed by atoms with van der Waals surface area (Å²) < 4.78 is 15.9. The molecule has 1 aromatic carbocycles. The third-order valence-corrected chi connectivity index (χ3v) is 7.30. The monoisotopic (exact) mass is 467 g/mol. The highest BCUT2D eigenvalue weighted by atomic mass is 16.5. The van der Waals surface area contributed by atoms with Crippen LogP contribution in [-0.2, 0) is 35.0 Å². The highest BCUT2D eigenvalue weighted by Crippen LogP contribution is 2.46. The molecule has 34 heavy (non-hydrogen) atoms. The molecule has 1 amide bonds. The molecule has 0 N–H and O–H groups in total. The quantitative estimate of drug-likeness (QED) is 0.572. The number of ketones is 2. The van der Waals surface area contributed by atoms with Gasteiger partial charge < -0.3 is 19.1 Å². The summed E-state index contributed by atoms with van der Waals surface area (Å²) in [5.41, 5.74) is 3.21. The number of nitrogens with zero attached hydrogens (tertiary/aromatic N) is 1. The van der Waals surface area contributed by atoms with Crippen molar-refractivity contribution in [1.29, 1.82) is 0 Å². The van der Waals surface area contributed by atoms with E-state index in [0.29, 0.717) is 43.9 Å². The first-order chi connectivity index (χ1) is 16.5. The number of carbonyl (C=O) groups is 3. The van der Waals surface area contributed by atoms with Gasteiger partial charge in [0.2, 0.25) is 29.0 Å². The normalized spacial score (nSPS) is 23.2. The van der Waals surface area contributed by atoms with Crippen molar-refractivity contribution in [3.05, 3.63) is 58.1 Å². The van der Waals surface area contributed by atoms with Crippen LogP contribution in [0.15, 0.2) is 46.9 Å². The Kier molecular flexibility index (Phi) is 7.51. The largest absolute Gasteiger partial charge is 0.489 e. The van der Waals surface area contributed by atoms with Crippen LogP contribution in [0.1, 0.15) is 49.7 Å². The van der Waals surface area contributed by atoms with Gasteiger partial charge in [-0.15, -0.1) is 0 Å². The van der Waals surface area contributed by atoms with Gasteiger partial charge in [0.15, 0.2) is 0 Å². The van der Waals surface area contributed by atoms with Crippen LogP contribution in [0.5, 0.6) is 0 Å². The first-order valence-electron chi connectivity index (χ1n) is 12.0. The first kappa shape index (κ1) is 24.2. The molecule has 1 heterocycles. The maximum Gasteiger partial charge on any atom is 0.228 e. The number of hydrogen-bond donors (Lipinski definition) is 0. The molecule has 1 aliphatic heterocycles. The molecular formula is C27H33NO6. The molecule has 0 aromatic heterocycles. The van der Waals surface area contributed by atoms with Crippen molar-refractivity contribution < 1.29 is 28.6 Å². The van der Waals surface area contributed by atoms with Gasteiger partial charge in [0.05, 0.1) is 27.4 Å². The van der Waals surface area contributed by atoms with Gasteiger partial charge >= 0.3 is 0 Å². The highest BCUT2D eigenvalue weighted by molar-refractivity contribution is 6.24. The van der Waals surface area contributed by atoms with Crippen LogP contribution in [0.3, 0.4) is 0 Å². The maximum atomic E-state index is 13.6. The Morgan fingerprint density at radius 1 is 1.06 bits per heavy atom. The van der Waals surface area contributed by atoms with Gasteiger partial charge in [-0.3, -0.25) is 14.4 Å². The van der Waals surface area contributed by atoms with E-state index in [1.165, 1.54) is 19.8 Å². The smallest absolute Gasteiger partial charge is 0.228 e. The van der Waals surface area contributed by atoms with E-state index >= 15 is 0 Å². The minimum atomic E-state index is -0.307. The second-order valence-corrected chi connectivity index (χ2v) is 9.12. The summed E-state index contributed by atoms with van der Waals surface area (Å²) >= 11 is 0. The number of methoxy groups -OCH3 is 2. The minimum Gasteiger partial charge on any atom is -0.489 e. The summed E-state index contributed by atoms with van der Waals surface area (Å²) in [6, 6.07) is 8.15. The fraction of sp³-hybridized carbons (Fsp3) is 0.519. The Hall–Kier alpha value is -2.93. The summed E-state index contributed by atoms with van der Waals surface area (Å²) in [4.78, 5) is 41.2. The van der Waals surface area contributed by atoms with Crippen LogP contribution in [0.2, 0.25) is 0 Å². The molecule has 7 nitrogen and oxygen atoms in total. The van der Waals surface area contributed by atoms with Gasteiger partial charge in [0.1, 0.15) is 0 Å². The second kappa shape index (κ2) is 10.6. The van der Waals surface area contributed by atoms with E-state index in [0.717, 1.165) is 31.2 Å². The molecule has 1 aromatic rings. The number of carbonyl (C=O) groups excluding carboxylic acids is 3. The number of aryl methyl sites for hydroxylation is 1. The fourth-order valence-electron chi connectivity index (χ4n) is 5.55. The first-order valence-corrected chi connectivity index (χ1v) is 12.0. The number of benzene rings is 1. The summed E-state index contributed by atoms with van der Waals surface area (Å²) in [5, 5.41) is 0. The van der Waals surface area contributed by atoms with Gasteiger partial charge in [-0.25, -0.2) is 0 Å². The van der Waals surface area contributed by atoms with Crippen molar-refractivity contribution in [3.8, 4) is 0 Å². The van der Waals surface area contributed by atoms with Crippen LogP contribution in [0.4, 0.5) is 0 Å². The molecule has 182 valence electrons. The zero-order valence-corrected chi connectivity index (χ0v) is 20.2. The molecule has 2 aliphatic carbocycles. The Labute approximate surface area is 200 Å². The van der Waals surface area contributed by atoms with E-state index in [4.69, 9.17) is 14.2 Å². The van der Waals surface area contributed by atoms with E-state index < -0.39 is 0 Å². The average Bonchev–Trinajstić information content (AvgIpc) is 2.87. The number of Topliss-reactive ketones (excluding diaryl/α,β-unsaturated/α-hetero) is 2. The zero-order chi connectivity index (χ0) is 24.2. The van der Waals surface area contributed by atoms with E-state index in [1.807, 2.05) is 17.0 Å². The molecule has 0 bridgehead atoms. The summed E-state index contributed by atoms with van der Waals surface area (Å²) in [6.07, 6.45) is 3.84. The van der Waals surface area contributed by atoms with Crippen LogP contribution >= 0.6 is 0 Å². The van der Waals surface area contributed by atoms with E-state index in [9.17, 15) is 14.4 Å². The Balaban J connectivity index is 1.60. The predicted molar refractivity (Wildman–Crippen MR) is 126 cm³/mol. The van der Waals surface area contributed by atoms with E-state index in [2.05, 4.69) is 12.1 Å². The van der Waals surface area contributed by atoms with Crippen molar-refractivity contribution >= 4 is 17.5 Å². The molecule has 7 heteroatoms. The predicted octanol–water partition coefficient (Wildman–Crippen LogP) is 3.33. The van der Waals surface area contributed by atoms with Crippen LogP contribution < -0.4 is 0 Å². The summed E-state index contributed by atoms with van der Waals surface area (Å²) in [5.74, 6) is -0.571. The molecule has 2 atom stereocenters. The summed E-state index contributed by atoms with van der Waals surface area (Å²) in [7, 11) is 2.77. The van der Waals surface area contributed by atoms with Crippen molar-refractivity contribution in [2.75, 3.05) is 40.5 Å². The van der Waals surface area contributed by atoms with Gasteiger partial charge in [0.25, 0.3) is 0 Å². The molecule has 0 unspecified atom stereocenters. The zero-order valence-electron chi connectivity index (χ0n) is 20.2. The van der Waals surface area contributed by atoms with Crippen LogP contribution in [0.25, 0.3) is 0 Å². The maximum absolute atomic E-state index is 13.6. The van der Waals surface area contributed by atoms with Gasteiger partial charge in [-0.1, -0.05) is 24.3 Å². The third-order valence-electron chi connectivity index (χ3n) is 7.30. The van der Waals surface area contributed by atoms with Crippen molar-refractivity contribution in [3.63, 3.8) is 0 Å². The molecule has 0 radical (unpaired) electrons. The topological polar surface area (TPSA) is 82.1 Å². The molecule has 1 fully saturated rings. The number of rotatable bonds is 7.